The van der Waals surface area contributed by atoms with E-state index in [0.717, 1.165) is 54.2 Å². The van der Waals surface area contributed by atoms with Crippen molar-refractivity contribution in [3.8, 4) is 28.1 Å². The normalized spacial score (nSPS) is 16.0. The van der Waals surface area contributed by atoms with Crippen LogP contribution in [0.15, 0.2) is 84.9 Å². The molecule has 4 aromatic carbocycles. The lowest BCUT2D eigenvalue weighted by molar-refractivity contribution is 0.156. The number of hydrogen-bond donors (Lipinski definition) is 0. The third-order valence-corrected chi connectivity index (χ3v) is 9.05. The lowest BCUT2D eigenvalue weighted by Crippen LogP contribution is -2.37. The van der Waals surface area contributed by atoms with E-state index < -0.39 is 5.60 Å². The van der Waals surface area contributed by atoms with Gasteiger partial charge in [0.15, 0.2) is 5.60 Å². The number of rotatable bonds is 7. The number of fused-ring (bicyclic) bond motifs is 9. The molecule has 1 aliphatic carbocycles. The van der Waals surface area contributed by atoms with Crippen LogP contribution in [-0.4, -0.2) is 22.9 Å². The lowest BCUT2D eigenvalue weighted by Gasteiger charge is -2.38. The predicted molar refractivity (Wildman–Crippen MR) is 173 cm³/mol. The van der Waals surface area contributed by atoms with Gasteiger partial charge in [0.05, 0.1) is 12.1 Å². The highest BCUT2D eigenvalue weighted by Crippen LogP contribution is 2.60. The van der Waals surface area contributed by atoms with Gasteiger partial charge >= 0.3 is 0 Å². The van der Waals surface area contributed by atoms with E-state index in [-0.39, 0.29) is 0 Å². The molecule has 1 unspecified atom stereocenters. The smallest absolute Gasteiger partial charge is 0.189 e. The van der Waals surface area contributed by atoms with Crippen molar-refractivity contribution in [1.29, 1.82) is 0 Å². The summed E-state index contributed by atoms with van der Waals surface area (Å²) in [6, 6.07) is 30.9. The molecule has 1 aliphatic heterocycles. The van der Waals surface area contributed by atoms with Crippen molar-refractivity contribution in [2.45, 2.75) is 59.6 Å². The largest absolute Gasteiger partial charge is 0.472 e. The minimum absolute atomic E-state index is 0.715. The number of nitrogens with zero attached hydrogens (tertiary/aromatic N) is 3. The molecule has 4 nitrogen and oxygen atoms in total. The molecule has 1 atom stereocenters. The Morgan fingerprint density at radius 3 is 2.24 bits per heavy atom. The van der Waals surface area contributed by atoms with E-state index in [4.69, 9.17) is 9.84 Å². The van der Waals surface area contributed by atoms with Crippen molar-refractivity contribution < 1.29 is 4.74 Å². The highest BCUT2D eigenvalue weighted by Gasteiger charge is 2.53. The van der Waals surface area contributed by atoms with Crippen LogP contribution in [0.5, 0.6) is 5.75 Å². The summed E-state index contributed by atoms with van der Waals surface area (Å²) in [6.45, 7) is 13.9. The summed E-state index contributed by atoms with van der Waals surface area (Å²) >= 11 is 0. The van der Waals surface area contributed by atoms with Crippen LogP contribution in [0, 0.1) is 20.8 Å². The Morgan fingerprint density at radius 2 is 1.50 bits per heavy atom. The van der Waals surface area contributed by atoms with E-state index in [2.05, 4.69) is 129 Å². The second kappa shape index (κ2) is 10.2. The Hall–Kier alpha value is -4.31. The third kappa shape index (κ3) is 3.92. The summed E-state index contributed by atoms with van der Waals surface area (Å²) in [5.74, 6) is 0.897. The number of hydrogen-bond acceptors (Lipinski definition) is 3. The van der Waals surface area contributed by atoms with Gasteiger partial charge in [0.2, 0.25) is 0 Å². The van der Waals surface area contributed by atoms with E-state index in [1.54, 1.807) is 0 Å². The van der Waals surface area contributed by atoms with Crippen LogP contribution in [0.25, 0.3) is 22.4 Å². The Balaban J connectivity index is 1.51. The Bertz CT molecular complexity index is 1800. The molecule has 7 rings (SSSR count). The van der Waals surface area contributed by atoms with Gasteiger partial charge in [-0.25, -0.2) is 0 Å². The molecule has 2 aliphatic rings. The van der Waals surface area contributed by atoms with Crippen molar-refractivity contribution in [2.75, 3.05) is 18.0 Å². The molecule has 0 fully saturated rings. The predicted octanol–water partition coefficient (Wildman–Crippen LogP) is 8.81. The Morgan fingerprint density at radius 1 is 0.786 bits per heavy atom. The number of benzene rings is 4. The van der Waals surface area contributed by atoms with Gasteiger partial charge in [-0.1, -0.05) is 86.1 Å². The third-order valence-electron chi connectivity index (χ3n) is 9.05. The Labute approximate surface area is 249 Å². The molecule has 0 N–H and O–H groups in total. The number of anilines is 1. The molecule has 0 bridgehead atoms. The molecule has 42 heavy (non-hydrogen) atoms. The highest BCUT2D eigenvalue weighted by molar-refractivity contribution is 5.89. The second-order valence-electron chi connectivity index (χ2n) is 11.9. The summed E-state index contributed by atoms with van der Waals surface area (Å²) in [5, 5.41) is 5.35. The fourth-order valence-electron chi connectivity index (χ4n) is 7.18. The van der Waals surface area contributed by atoms with Gasteiger partial charge in [-0.2, -0.15) is 5.10 Å². The quantitative estimate of drug-likeness (QED) is 0.202. The molecule has 2 heterocycles. The molecular formula is C38H39N3O. The zero-order valence-corrected chi connectivity index (χ0v) is 25.4. The monoisotopic (exact) mass is 553 g/mol. The molecule has 5 aromatic rings. The number of aryl methyl sites for hydroxylation is 2. The molecule has 1 aromatic heterocycles. The van der Waals surface area contributed by atoms with Crippen LogP contribution in [0.3, 0.4) is 0 Å². The van der Waals surface area contributed by atoms with Gasteiger partial charge in [-0.15, -0.1) is 0 Å². The van der Waals surface area contributed by atoms with Crippen LogP contribution in [0.4, 0.5) is 5.69 Å². The van der Waals surface area contributed by atoms with Crippen LogP contribution in [0.1, 0.15) is 65.8 Å². The van der Waals surface area contributed by atoms with Crippen LogP contribution >= 0.6 is 0 Å². The van der Waals surface area contributed by atoms with Gasteiger partial charge < -0.3 is 9.64 Å². The van der Waals surface area contributed by atoms with Crippen molar-refractivity contribution in [3.05, 3.63) is 124 Å². The van der Waals surface area contributed by atoms with Crippen LogP contribution < -0.4 is 9.64 Å². The number of ether oxygens (including phenoxy) is 1. The minimum atomic E-state index is -0.771. The fraction of sp³-hybridized carbons (Fsp3) is 0.289. The molecule has 212 valence electrons. The van der Waals surface area contributed by atoms with Gasteiger partial charge in [0.25, 0.3) is 0 Å². The summed E-state index contributed by atoms with van der Waals surface area (Å²) < 4.78 is 9.53. The van der Waals surface area contributed by atoms with E-state index in [9.17, 15) is 0 Å². The highest BCUT2D eigenvalue weighted by atomic mass is 16.5. The first kappa shape index (κ1) is 26.6. The van der Waals surface area contributed by atoms with Crippen molar-refractivity contribution in [3.63, 3.8) is 0 Å². The van der Waals surface area contributed by atoms with E-state index >= 15 is 0 Å². The van der Waals surface area contributed by atoms with Gasteiger partial charge in [-0.05, 0) is 74.1 Å². The molecule has 0 saturated carbocycles. The minimum Gasteiger partial charge on any atom is -0.472 e. The lowest BCUT2D eigenvalue weighted by atomic mass is 9.78. The molecule has 0 saturated heterocycles. The van der Waals surface area contributed by atoms with Gasteiger partial charge in [0, 0.05) is 41.2 Å². The van der Waals surface area contributed by atoms with Crippen LogP contribution in [0.2, 0.25) is 0 Å². The molecule has 0 radical (unpaired) electrons. The average molecular weight is 554 g/mol. The first-order valence-corrected chi connectivity index (χ1v) is 15.4. The molecule has 1 spiro atoms. The molecule has 0 amide bonds. The molecular weight excluding hydrogens is 514 g/mol. The first-order chi connectivity index (χ1) is 20.5. The first-order valence-electron chi connectivity index (χ1n) is 15.4. The summed E-state index contributed by atoms with van der Waals surface area (Å²) in [4.78, 5) is 2.52. The zero-order chi connectivity index (χ0) is 29.0. The van der Waals surface area contributed by atoms with Crippen molar-refractivity contribution >= 4 is 5.69 Å². The summed E-state index contributed by atoms with van der Waals surface area (Å²) in [7, 11) is 0. The van der Waals surface area contributed by atoms with E-state index in [0.29, 0.717) is 6.54 Å². The van der Waals surface area contributed by atoms with Crippen molar-refractivity contribution in [2.24, 2.45) is 0 Å². The second-order valence-corrected chi connectivity index (χ2v) is 11.9. The number of aromatic nitrogens is 2. The van der Waals surface area contributed by atoms with E-state index in [1.165, 1.54) is 44.6 Å². The molecule has 4 heteroatoms. The zero-order valence-electron chi connectivity index (χ0n) is 25.4. The summed E-state index contributed by atoms with van der Waals surface area (Å²) in [5.41, 5.74) is 13.6. The maximum Gasteiger partial charge on any atom is 0.189 e. The van der Waals surface area contributed by atoms with Gasteiger partial charge in [-0.3, -0.25) is 4.68 Å². The standard InChI is InChI=1S/C38H39N3O/c1-6-20-40(21-7-2)29-17-19-33-31(23-29)30-22-25(3)16-18-32(30)38(33)36-27(5)41(24-28-13-9-8-10-14-28)39-37(36)35-26(4)12-11-15-34(35)42-38/h8-19,22-23H,6-7,20-21,24H2,1-5H3. The summed E-state index contributed by atoms with van der Waals surface area (Å²) in [6.07, 6.45) is 2.25. The Kier molecular flexibility index (Phi) is 6.46. The topological polar surface area (TPSA) is 30.3 Å². The maximum absolute atomic E-state index is 7.35. The SMILES string of the molecule is CCCN(CCC)c1ccc2c(c1)-c1cc(C)ccc1C21Oc2cccc(C)c2-c2nn(Cc3ccccc3)c(C)c21. The fourth-order valence-corrected chi connectivity index (χ4v) is 7.18. The van der Waals surface area contributed by atoms with E-state index in [1.807, 2.05) is 0 Å². The van der Waals surface area contributed by atoms with Crippen molar-refractivity contribution in [1.82, 2.24) is 9.78 Å². The maximum atomic E-state index is 7.35. The van der Waals surface area contributed by atoms with Gasteiger partial charge in [0.1, 0.15) is 11.4 Å². The average Bonchev–Trinajstić information content (AvgIpc) is 3.45. The van der Waals surface area contributed by atoms with Crippen LogP contribution in [-0.2, 0) is 12.1 Å².